The van der Waals surface area contributed by atoms with Gasteiger partial charge < -0.3 is 9.80 Å². The van der Waals surface area contributed by atoms with E-state index in [1.54, 1.807) is 0 Å². The molecule has 0 saturated heterocycles. The summed E-state index contributed by atoms with van der Waals surface area (Å²) in [4.78, 5) is 27.5. The quantitative estimate of drug-likeness (QED) is 0.379. The third-order valence-corrected chi connectivity index (χ3v) is 6.31. The molecule has 0 atom stereocenters. The fourth-order valence-electron chi connectivity index (χ4n) is 4.69. The van der Waals surface area contributed by atoms with Gasteiger partial charge in [0.15, 0.2) is 11.6 Å². The van der Waals surface area contributed by atoms with Gasteiger partial charge >= 0.3 is 0 Å². The molecule has 6 heterocycles. The van der Waals surface area contributed by atoms with E-state index in [1.165, 1.54) is 11.4 Å². The molecule has 34 heavy (non-hydrogen) atoms. The first kappa shape index (κ1) is 20.4. The predicted octanol–water partition coefficient (Wildman–Crippen LogP) is 4.58. The van der Waals surface area contributed by atoms with Crippen LogP contribution >= 0.6 is 0 Å². The van der Waals surface area contributed by atoms with E-state index in [4.69, 9.17) is 0 Å². The molecule has 0 spiro atoms. The molecule has 6 rings (SSSR count). The number of nitrogens with zero attached hydrogens (tertiary/aromatic N) is 8. The lowest BCUT2D eigenvalue weighted by Crippen LogP contribution is -2.31. The average Bonchev–Trinajstić information content (AvgIpc) is 3.47. The van der Waals surface area contributed by atoms with Gasteiger partial charge in [0.1, 0.15) is 11.6 Å². The van der Waals surface area contributed by atoms with Gasteiger partial charge in [-0.3, -0.25) is 9.80 Å². The van der Waals surface area contributed by atoms with Crippen molar-refractivity contribution < 1.29 is 0 Å². The molecule has 0 aliphatic carbocycles. The minimum Gasteiger partial charge on any atom is -0.350 e. The summed E-state index contributed by atoms with van der Waals surface area (Å²) in [6.45, 7) is 3.49. The summed E-state index contributed by atoms with van der Waals surface area (Å²) in [7, 11) is 0. The number of fused-ring (bicyclic) bond motifs is 2. The lowest BCUT2D eigenvalue weighted by molar-refractivity contribution is 0.677. The van der Waals surface area contributed by atoms with Crippen LogP contribution in [0.4, 0.5) is 34.6 Å². The van der Waals surface area contributed by atoms with Gasteiger partial charge in [-0.25, -0.2) is 19.9 Å². The second kappa shape index (κ2) is 8.97. The Kier molecular flexibility index (Phi) is 5.39. The topological polar surface area (TPSA) is 64.5 Å². The van der Waals surface area contributed by atoms with E-state index in [-0.39, 0.29) is 0 Å². The monoisotopic (exact) mass is 450 g/mol. The second-order valence-electron chi connectivity index (χ2n) is 8.44. The zero-order valence-corrected chi connectivity index (χ0v) is 18.9. The van der Waals surface area contributed by atoms with Crippen molar-refractivity contribution >= 4 is 34.6 Å². The number of aromatic nitrogens is 4. The third kappa shape index (κ3) is 3.77. The number of pyridine rings is 4. The fourth-order valence-corrected chi connectivity index (χ4v) is 4.69. The predicted molar refractivity (Wildman–Crippen MR) is 135 cm³/mol. The van der Waals surface area contributed by atoms with Gasteiger partial charge in [-0.15, -0.1) is 0 Å². The summed E-state index contributed by atoms with van der Waals surface area (Å²) >= 11 is 0. The highest BCUT2D eigenvalue weighted by Crippen LogP contribution is 2.39. The third-order valence-electron chi connectivity index (χ3n) is 6.31. The van der Waals surface area contributed by atoms with Crippen LogP contribution in [0.15, 0.2) is 85.5 Å². The van der Waals surface area contributed by atoms with Crippen LogP contribution in [0.1, 0.15) is 12.8 Å². The van der Waals surface area contributed by atoms with Gasteiger partial charge in [-0.05, 0) is 61.4 Å². The molecule has 0 unspecified atom stereocenters. The Labute approximate surface area is 199 Å². The standard InChI is InChI=1S/C26H26N8/c1-3-13-27-23(11-1)33-19-31(21-9-7-15-29-25(21)33)17-5-6-18-32-20-34(24-12-2-4-14-28-24)26-22(32)10-8-16-30-26/h1-4,7-16H,5-6,17-20H2. The Morgan fingerprint density at radius 2 is 1.00 bits per heavy atom. The summed E-state index contributed by atoms with van der Waals surface area (Å²) < 4.78 is 0. The number of rotatable bonds is 7. The SMILES string of the molecule is c1ccc(N2CN(CCCCN3CN(c4ccccn4)c4ncccc43)c3cccnc32)nc1. The summed E-state index contributed by atoms with van der Waals surface area (Å²) in [5.74, 6) is 3.82. The Hall–Kier alpha value is -4.20. The van der Waals surface area contributed by atoms with Gasteiger partial charge in [0, 0.05) is 37.9 Å². The molecule has 0 aromatic carbocycles. The van der Waals surface area contributed by atoms with Crippen molar-refractivity contribution in [1.29, 1.82) is 0 Å². The molecule has 0 fully saturated rings. The molecule has 0 amide bonds. The van der Waals surface area contributed by atoms with Crippen molar-refractivity contribution in [2.24, 2.45) is 0 Å². The summed E-state index contributed by atoms with van der Waals surface area (Å²) in [5.41, 5.74) is 2.34. The molecule has 4 aromatic heterocycles. The number of hydrogen-bond acceptors (Lipinski definition) is 8. The molecule has 0 N–H and O–H groups in total. The van der Waals surface area contributed by atoms with Crippen molar-refractivity contribution in [1.82, 2.24) is 19.9 Å². The van der Waals surface area contributed by atoms with Crippen molar-refractivity contribution in [3.8, 4) is 0 Å². The molecule has 2 aliphatic rings. The highest BCUT2D eigenvalue weighted by molar-refractivity contribution is 5.78. The molecule has 0 bridgehead atoms. The molecule has 4 aromatic rings. The molecular weight excluding hydrogens is 424 g/mol. The highest BCUT2D eigenvalue weighted by Gasteiger charge is 2.30. The van der Waals surface area contributed by atoms with Crippen LogP contribution < -0.4 is 19.6 Å². The molecule has 8 nitrogen and oxygen atoms in total. The van der Waals surface area contributed by atoms with Gasteiger partial charge in [0.2, 0.25) is 0 Å². The van der Waals surface area contributed by atoms with E-state index in [9.17, 15) is 0 Å². The van der Waals surface area contributed by atoms with E-state index >= 15 is 0 Å². The second-order valence-corrected chi connectivity index (χ2v) is 8.44. The van der Waals surface area contributed by atoms with Crippen LogP contribution in [-0.2, 0) is 0 Å². The normalized spacial score (nSPS) is 14.5. The fraction of sp³-hybridized carbons (Fsp3) is 0.231. The molecule has 8 heteroatoms. The van der Waals surface area contributed by atoms with Crippen LogP contribution in [0.25, 0.3) is 0 Å². The maximum absolute atomic E-state index is 4.64. The van der Waals surface area contributed by atoms with Gasteiger partial charge in [0.05, 0.1) is 24.7 Å². The smallest absolute Gasteiger partial charge is 0.159 e. The Bertz CT molecular complexity index is 1150. The van der Waals surface area contributed by atoms with Gasteiger partial charge in [0.25, 0.3) is 0 Å². The van der Waals surface area contributed by atoms with E-state index in [1.807, 2.05) is 73.3 Å². The largest absolute Gasteiger partial charge is 0.350 e. The van der Waals surface area contributed by atoms with Crippen LogP contribution in [0.3, 0.4) is 0 Å². The summed E-state index contributed by atoms with van der Waals surface area (Å²) in [6.07, 6.45) is 9.53. The van der Waals surface area contributed by atoms with Crippen molar-refractivity contribution in [2.45, 2.75) is 12.8 Å². The maximum Gasteiger partial charge on any atom is 0.159 e. The first-order valence-corrected chi connectivity index (χ1v) is 11.7. The van der Waals surface area contributed by atoms with Crippen LogP contribution in [0.2, 0.25) is 0 Å². The average molecular weight is 451 g/mol. The van der Waals surface area contributed by atoms with Crippen molar-refractivity contribution in [3.63, 3.8) is 0 Å². The summed E-state index contributed by atoms with van der Waals surface area (Å²) in [5, 5.41) is 0. The van der Waals surface area contributed by atoms with E-state index in [2.05, 4.69) is 51.7 Å². The van der Waals surface area contributed by atoms with Crippen LogP contribution in [0.5, 0.6) is 0 Å². The zero-order chi connectivity index (χ0) is 22.7. The van der Waals surface area contributed by atoms with Crippen molar-refractivity contribution in [3.05, 3.63) is 85.5 Å². The van der Waals surface area contributed by atoms with E-state index in [0.29, 0.717) is 0 Å². The molecule has 2 aliphatic heterocycles. The van der Waals surface area contributed by atoms with Crippen LogP contribution in [-0.4, -0.2) is 46.4 Å². The Morgan fingerprint density at radius 1 is 0.529 bits per heavy atom. The lowest BCUT2D eigenvalue weighted by atomic mass is 10.2. The molecule has 170 valence electrons. The molecule has 0 radical (unpaired) electrons. The van der Waals surface area contributed by atoms with Crippen LogP contribution in [0, 0.1) is 0 Å². The zero-order valence-electron chi connectivity index (χ0n) is 18.9. The minimum absolute atomic E-state index is 0.771. The molecule has 0 saturated carbocycles. The minimum atomic E-state index is 0.771. The van der Waals surface area contributed by atoms with Gasteiger partial charge in [-0.2, -0.15) is 0 Å². The lowest BCUT2D eigenvalue weighted by Gasteiger charge is -2.23. The molecular formula is C26H26N8. The highest BCUT2D eigenvalue weighted by atomic mass is 15.4. The Morgan fingerprint density at radius 3 is 1.44 bits per heavy atom. The number of anilines is 6. The Balaban J connectivity index is 1.10. The van der Waals surface area contributed by atoms with E-state index < -0.39 is 0 Å². The first-order chi connectivity index (χ1) is 16.9. The number of unbranched alkanes of at least 4 members (excludes halogenated alkanes) is 1. The first-order valence-electron chi connectivity index (χ1n) is 11.7. The van der Waals surface area contributed by atoms with Gasteiger partial charge in [-0.1, -0.05) is 12.1 Å². The number of hydrogen-bond donors (Lipinski definition) is 0. The summed E-state index contributed by atoms with van der Waals surface area (Å²) in [6, 6.07) is 20.3. The maximum atomic E-state index is 4.64. The van der Waals surface area contributed by atoms with Crippen molar-refractivity contribution in [2.75, 3.05) is 46.0 Å². The van der Waals surface area contributed by atoms with E-state index in [0.717, 1.165) is 62.5 Å².